The van der Waals surface area contributed by atoms with Crippen LogP contribution in [0.2, 0.25) is 0 Å². The van der Waals surface area contributed by atoms with Gasteiger partial charge in [-0.1, -0.05) is 0 Å². The van der Waals surface area contributed by atoms with Gasteiger partial charge in [-0.15, -0.1) is 0 Å². The van der Waals surface area contributed by atoms with Crippen LogP contribution in [0.5, 0.6) is 0 Å². The third-order valence-corrected chi connectivity index (χ3v) is 4.24. The second-order valence-electron chi connectivity index (χ2n) is 5.70. The minimum Gasteiger partial charge on any atom is -0.380 e. The summed E-state index contributed by atoms with van der Waals surface area (Å²) in [6, 6.07) is 1.37. The van der Waals surface area contributed by atoms with Crippen molar-refractivity contribution in [2.24, 2.45) is 0 Å². The fraction of sp³-hybridized carbons (Fsp3) is 1.00. The van der Waals surface area contributed by atoms with Gasteiger partial charge in [-0.25, -0.2) is 0 Å². The Bertz CT molecular complexity index is 237. The number of nitrogens with zero attached hydrogens (tertiary/aromatic N) is 2. The maximum absolute atomic E-state index is 5.38. The van der Waals surface area contributed by atoms with Gasteiger partial charge in [0, 0.05) is 38.8 Å². The molecule has 4 nitrogen and oxygen atoms in total. The smallest absolute Gasteiger partial charge is 0.0711 e. The van der Waals surface area contributed by atoms with Crippen LogP contribution in [0.25, 0.3) is 0 Å². The van der Waals surface area contributed by atoms with E-state index in [1.54, 1.807) is 0 Å². The lowest BCUT2D eigenvalue weighted by molar-refractivity contribution is 0.115. The zero-order valence-electron chi connectivity index (χ0n) is 11.5. The maximum atomic E-state index is 5.38. The van der Waals surface area contributed by atoms with E-state index in [1.165, 1.54) is 25.9 Å². The van der Waals surface area contributed by atoms with Crippen LogP contribution in [0, 0.1) is 0 Å². The Hall–Kier alpha value is -0.160. The number of nitrogens with one attached hydrogen (secondary N) is 1. The molecule has 100 valence electrons. The molecule has 2 saturated heterocycles. The summed E-state index contributed by atoms with van der Waals surface area (Å²) in [7, 11) is 6.31. The van der Waals surface area contributed by atoms with Crippen molar-refractivity contribution >= 4 is 0 Å². The summed E-state index contributed by atoms with van der Waals surface area (Å²) in [6.07, 6.45) is 4.30. The summed E-state index contributed by atoms with van der Waals surface area (Å²) in [5, 5.41) is 3.54. The highest BCUT2D eigenvalue weighted by molar-refractivity contribution is 4.85. The maximum Gasteiger partial charge on any atom is 0.0711 e. The summed E-state index contributed by atoms with van der Waals surface area (Å²) >= 11 is 0. The molecule has 17 heavy (non-hydrogen) atoms. The molecule has 4 heteroatoms. The fourth-order valence-electron chi connectivity index (χ4n) is 3.12. The number of hydrogen-bond donors (Lipinski definition) is 1. The van der Waals surface area contributed by atoms with Crippen molar-refractivity contribution < 1.29 is 4.74 Å². The molecule has 0 saturated carbocycles. The molecule has 2 aliphatic heterocycles. The Morgan fingerprint density at radius 3 is 2.82 bits per heavy atom. The van der Waals surface area contributed by atoms with Gasteiger partial charge in [-0.05, 0) is 39.9 Å². The molecule has 0 aromatic rings. The highest BCUT2D eigenvalue weighted by atomic mass is 16.5. The first-order valence-electron chi connectivity index (χ1n) is 6.84. The second kappa shape index (κ2) is 6.14. The third-order valence-electron chi connectivity index (χ3n) is 4.24. The largest absolute Gasteiger partial charge is 0.380 e. The van der Waals surface area contributed by atoms with E-state index >= 15 is 0 Å². The highest BCUT2D eigenvalue weighted by Crippen LogP contribution is 2.16. The van der Waals surface area contributed by atoms with Crippen molar-refractivity contribution in [3.05, 3.63) is 0 Å². The Kier molecular flexibility index (Phi) is 4.79. The van der Waals surface area contributed by atoms with E-state index in [2.05, 4.69) is 29.2 Å². The molecule has 3 unspecified atom stereocenters. The zero-order chi connectivity index (χ0) is 12.3. The van der Waals surface area contributed by atoms with Crippen molar-refractivity contribution in [3.8, 4) is 0 Å². The van der Waals surface area contributed by atoms with Crippen LogP contribution in [0.4, 0.5) is 0 Å². The van der Waals surface area contributed by atoms with E-state index in [9.17, 15) is 0 Å². The fourth-order valence-corrected chi connectivity index (χ4v) is 3.12. The lowest BCUT2D eigenvalue weighted by Crippen LogP contribution is -2.42. The first kappa shape index (κ1) is 13.3. The van der Waals surface area contributed by atoms with Crippen molar-refractivity contribution in [3.63, 3.8) is 0 Å². The quantitative estimate of drug-likeness (QED) is 0.753. The molecular formula is C13H27N3O. The molecule has 0 amide bonds. The topological polar surface area (TPSA) is 27.7 Å². The monoisotopic (exact) mass is 241 g/mol. The molecule has 0 aromatic carbocycles. The average molecular weight is 241 g/mol. The molecule has 2 rings (SSSR count). The predicted molar refractivity (Wildman–Crippen MR) is 70.4 cm³/mol. The Balaban J connectivity index is 1.68. The van der Waals surface area contributed by atoms with Gasteiger partial charge >= 0.3 is 0 Å². The lowest BCUT2D eigenvalue weighted by Gasteiger charge is -2.27. The molecule has 0 spiro atoms. The molecule has 0 aromatic heterocycles. The van der Waals surface area contributed by atoms with Crippen molar-refractivity contribution in [2.45, 2.75) is 37.5 Å². The summed E-state index contributed by atoms with van der Waals surface area (Å²) in [4.78, 5) is 4.97. The summed E-state index contributed by atoms with van der Waals surface area (Å²) in [6.45, 7) is 4.63. The Labute approximate surface area is 105 Å². The molecule has 0 radical (unpaired) electrons. The van der Waals surface area contributed by atoms with E-state index in [4.69, 9.17) is 4.74 Å². The van der Waals surface area contributed by atoms with Gasteiger partial charge in [0.1, 0.15) is 0 Å². The molecular weight excluding hydrogens is 214 g/mol. The highest BCUT2D eigenvalue weighted by Gasteiger charge is 2.27. The number of methoxy groups -OCH3 is 1. The molecule has 1 N–H and O–H groups in total. The lowest BCUT2D eigenvalue weighted by atomic mass is 10.1. The number of ether oxygens (including phenoxy) is 1. The molecule has 2 aliphatic rings. The minimum atomic E-state index is 0.419. The Morgan fingerprint density at radius 1 is 1.41 bits per heavy atom. The van der Waals surface area contributed by atoms with Crippen LogP contribution in [-0.2, 0) is 4.74 Å². The SMILES string of the molecule is COC1CNC(CN(C)CC2CCCN2C)C1. The Morgan fingerprint density at radius 2 is 2.24 bits per heavy atom. The van der Waals surface area contributed by atoms with Crippen molar-refractivity contribution in [1.29, 1.82) is 0 Å². The van der Waals surface area contributed by atoms with Crippen LogP contribution in [-0.4, -0.2) is 75.4 Å². The van der Waals surface area contributed by atoms with E-state index in [0.717, 1.165) is 25.6 Å². The number of rotatable bonds is 5. The average Bonchev–Trinajstić information content (AvgIpc) is 2.89. The number of hydrogen-bond acceptors (Lipinski definition) is 4. The first-order valence-corrected chi connectivity index (χ1v) is 6.84. The predicted octanol–water partition coefficient (Wildman–Crippen LogP) is 0.389. The van der Waals surface area contributed by atoms with Gasteiger partial charge in [-0.2, -0.15) is 0 Å². The van der Waals surface area contributed by atoms with Gasteiger partial charge in [-0.3, -0.25) is 0 Å². The summed E-state index contributed by atoms with van der Waals surface area (Å²) < 4.78 is 5.38. The van der Waals surface area contributed by atoms with Crippen LogP contribution in [0.15, 0.2) is 0 Å². The summed E-state index contributed by atoms with van der Waals surface area (Å²) in [5.41, 5.74) is 0. The molecule has 3 atom stereocenters. The van der Waals surface area contributed by atoms with E-state index < -0.39 is 0 Å². The van der Waals surface area contributed by atoms with Crippen LogP contribution < -0.4 is 5.32 Å². The van der Waals surface area contributed by atoms with Crippen LogP contribution in [0.1, 0.15) is 19.3 Å². The van der Waals surface area contributed by atoms with Crippen LogP contribution in [0.3, 0.4) is 0 Å². The minimum absolute atomic E-state index is 0.419. The third kappa shape index (κ3) is 3.65. The van der Waals surface area contributed by atoms with Crippen molar-refractivity contribution in [1.82, 2.24) is 15.1 Å². The van der Waals surface area contributed by atoms with Gasteiger partial charge in [0.25, 0.3) is 0 Å². The molecule has 0 bridgehead atoms. The van der Waals surface area contributed by atoms with Gasteiger partial charge in [0.2, 0.25) is 0 Å². The molecule has 0 aliphatic carbocycles. The van der Waals surface area contributed by atoms with E-state index in [1.807, 2.05) is 7.11 Å². The molecule has 2 fully saturated rings. The standard InChI is InChI=1S/C13H27N3O/c1-15(10-12-5-4-6-16(12)2)9-11-7-13(17-3)8-14-11/h11-14H,4-10H2,1-3H3. The normalized spacial score (nSPS) is 34.9. The van der Waals surface area contributed by atoms with Gasteiger partial charge in [0.05, 0.1) is 6.10 Å². The number of likely N-dealkylation sites (N-methyl/N-ethyl adjacent to an activating group) is 2. The van der Waals surface area contributed by atoms with E-state index in [-0.39, 0.29) is 0 Å². The number of likely N-dealkylation sites (tertiary alicyclic amines) is 1. The second-order valence-corrected chi connectivity index (χ2v) is 5.70. The first-order chi connectivity index (χ1) is 8.19. The van der Waals surface area contributed by atoms with Gasteiger partial charge in [0.15, 0.2) is 0 Å². The molecule has 2 heterocycles. The van der Waals surface area contributed by atoms with Gasteiger partial charge < -0.3 is 19.9 Å². The summed E-state index contributed by atoms with van der Waals surface area (Å²) in [5.74, 6) is 0. The van der Waals surface area contributed by atoms with Crippen molar-refractivity contribution in [2.75, 3.05) is 47.4 Å². The van der Waals surface area contributed by atoms with E-state index in [0.29, 0.717) is 12.1 Å². The zero-order valence-corrected chi connectivity index (χ0v) is 11.5. The van der Waals surface area contributed by atoms with Crippen LogP contribution >= 0.6 is 0 Å².